The number of benzene rings is 2. The Hall–Kier alpha value is -2.02. The van der Waals surface area contributed by atoms with Crippen molar-refractivity contribution in [1.29, 1.82) is 0 Å². The smallest absolute Gasteiger partial charge is 0.226 e. The molecule has 2 heterocycles. The lowest BCUT2D eigenvalue weighted by atomic mass is 9.74. The van der Waals surface area contributed by atoms with E-state index in [0.29, 0.717) is 13.0 Å². The van der Waals surface area contributed by atoms with Crippen LogP contribution in [-0.2, 0) is 27.8 Å². The Morgan fingerprint density at radius 1 is 1.13 bits per heavy atom. The van der Waals surface area contributed by atoms with Crippen LogP contribution in [0.1, 0.15) is 34.7 Å². The molecule has 0 unspecified atom stereocenters. The minimum absolute atomic E-state index is 0.0208. The summed E-state index contributed by atoms with van der Waals surface area (Å²) in [5.41, 5.74) is 3.24. The molecule has 2 aromatic carbocycles. The highest BCUT2D eigenvalue weighted by Gasteiger charge is 2.35. The van der Waals surface area contributed by atoms with Gasteiger partial charge in [-0.2, -0.15) is 0 Å². The van der Waals surface area contributed by atoms with Crippen molar-refractivity contribution in [1.82, 2.24) is 10.3 Å². The molecule has 0 spiro atoms. The number of nitrogens with one attached hydrogen (secondary N) is 1. The fourth-order valence-corrected chi connectivity index (χ4v) is 5.15. The second-order valence-corrected chi connectivity index (χ2v) is 9.61. The summed E-state index contributed by atoms with van der Waals surface area (Å²) in [6.07, 6.45) is 2.93. The lowest BCUT2D eigenvalue weighted by Gasteiger charge is -2.38. The summed E-state index contributed by atoms with van der Waals surface area (Å²) >= 11 is 5.19. The first kappa shape index (κ1) is 21.2. The Balaban J connectivity index is 1.37. The normalized spacial score (nSPS) is 15.6. The molecule has 4 nitrogen and oxygen atoms in total. The molecule has 1 aliphatic heterocycles. The van der Waals surface area contributed by atoms with E-state index in [1.807, 2.05) is 29.6 Å². The van der Waals surface area contributed by atoms with Crippen LogP contribution in [0.5, 0.6) is 0 Å². The van der Waals surface area contributed by atoms with E-state index in [1.165, 1.54) is 11.1 Å². The third kappa shape index (κ3) is 5.36. The van der Waals surface area contributed by atoms with Crippen molar-refractivity contribution in [3.05, 3.63) is 86.3 Å². The van der Waals surface area contributed by atoms with Crippen LogP contribution in [0, 0.1) is 0 Å². The lowest BCUT2D eigenvalue weighted by Crippen LogP contribution is -2.45. The van der Waals surface area contributed by atoms with Gasteiger partial charge in [-0.3, -0.25) is 4.79 Å². The van der Waals surface area contributed by atoms with Crippen molar-refractivity contribution in [3.8, 4) is 0 Å². The van der Waals surface area contributed by atoms with Crippen molar-refractivity contribution >= 4 is 33.2 Å². The third-order valence-corrected chi connectivity index (χ3v) is 7.04. The maximum atomic E-state index is 12.7. The van der Waals surface area contributed by atoms with Gasteiger partial charge in [0.2, 0.25) is 5.91 Å². The molecule has 0 aliphatic carbocycles. The zero-order chi connectivity index (χ0) is 20.8. The molecule has 0 radical (unpaired) electrons. The number of halogens is 1. The van der Waals surface area contributed by atoms with Gasteiger partial charge in [-0.15, -0.1) is 11.3 Å². The summed E-state index contributed by atoms with van der Waals surface area (Å²) in [4.78, 5) is 17.3. The van der Waals surface area contributed by atoms with Crippen molar-refractivity contribution in [2.75, 3.05) is 19.8 Å². The molecule has 1 aromatic heterocycles. The molecule has 0 atom stereocenters. The first-order valence-corrected chi connectivity index (χ1v) is 11.9. The third-order valence-electron chi connectivity index (χ3n) is 5.65. The van der Waals surface area contributed by atoms with Crippen LogP contribution in [0.15, 0.2) is 64.5 Å². The number of amides is 1. The zero-order valence-corrected chi connectivity index (χ0v) is 19.2. The minimum atomic E-state index is -0.0851. The molecular formula is C24H25BrN2O2S. The van der Waals surface area contributed by atoms with Gasteiger partial charge in [0.1, 0.15) is 0 Å². The van der Waals surface area contributed by atoms with Gasteiger partial charge in [0.25, 0.3) is 0 Å². The molecule has 1 saturated heterocycles. The highest BCUT2D eigenvalue weighted by Crippen LogP contribution is 2.35. The molecule has 30 heavy (non-hydrogen) atoms. The quantitative estimate of drug-likeness (QED) is 0.518. The average Bonchev–Trinajstić information content (AvgIpc) is 3.20. The van der Waals surface area contributed by atoms with E-state index in [-0.39, 0.29) is 11.3 Å². The van der Waals surface area contributed by atoms with Gasteiger partial charge in [0.15, 0.2) is 0 Å². The van der Waals surface area contributed by atoms with Crippen LogP contribution < -0.4 is 5.32 Å². The predicted octanol–water partition coefficient (Wildman–Crippen LogP) is 4.90. The van der Waals surface area contributed by atoms with Crippen molar-refractivity contribution in [2.24, 2.45) is 0 Å². The molecule has 1 fully saturated rings. The molecule has 1 N–H and O–H groups in total. The molecule has 1 aliphatic rings. The summed E-state index contributed by atoms with van der Waals surface area (Å²) in [6.45, 7) is 2.06. The molecule has 6 heteroatoms. The van der Waals surface area contributed by atoms with E-state index < -0.39 is 0 Å². The number of hydrogen-bond donors (Lipinski definition) is 1. The van der Waals surface area contributed by atoms with Gasteiger partial charge >= 0.3 is 0 Å². The van der Waals surface area contributed by atoms with Crippen LogP contribution in [0.3, 0.4) is 0 Å². The van der Waals surface area contributed by atoms with Gasteiger partial charge in [-0.1, -0.05) is 58.4 Å². The first-order valence-electron chi connectivity index (χ1n) is 10.2. The molecule has 3 aromatic rings. The molecule has 4 rings (SSSR count). The molecule has 1 amide bonds. The maximum Gasteiger partial charge on any atom is 0.226 e. The van der Waals surface area contributed by atoms with E-state index in [4.69, 9.17) is 4.74 Å². The van der Waals surface area contributed by atoms with E-state index in [0.717, 1.165) is 47.7 Å². The summed E-state index contributed by atoms with van der Waals surface area (Å²) in [6, 6.07) is 18.7. The molecule has 0 saturated carbocycles. The van der Waals surface area contributed by atoms with Crippen LogP contribution >= 0.6 is 27.3 Å². The van der Waals surface area contributed by atoms with Crippen molar-refractivity contribution in [3.63, 3.8) is 0 Å². The lowest BCUT2D eigenvalue weighted by molar-refractivity contribution is -0.121. The Morgan fingerprint density at radius 2 is 1.93 bits per heavy atom. The Bertz CT molecular complexity index is 984. The fourth-order valence-electron chi connectivity index (χ4n) is 3.92. The van der Waals surface area contributed by atoms with E-state index in [9.17, 15) is 4.79 Å². The average molecular weight is 485 g/mol. The molecule has 0 bridgehead atoms. The number of carbonyl (C=O) groups is 1. The summed E-state index contributed by atoms with van der Waals surface area (Å²) in [7, 11) is 0. The Morgan fingerprint density at radius 3 is 2.70 bits per heavy atom. The maximum absolute atomic E-state index is 12.7. The summed E-state index contributed by atoms with van der Waals surface area (Å²) in [5.74, 6) is 0.0208. The van der Waals surface area contributed by atoms with Crippen LogP contribution in [0.25, 0.3) is 0 Å². The number of rotatable bonds is 7. The van der Waals surface area contributed by atoms with Gasteiger partial charge in [0.05, 0.1) is 17.1 Å². The van der Waals surface area contributed by atoms with Crippen LogP contribution in [-0.4, -0.2) is 30.6 Å². The fraction of sp³-hybridized carbons (Fsp3) is 0.333. The Kier molecular flexibility index (Phi) is 6.97. The molecular weight excluding hydrogens is 460 g/mol. The summed E-state index contributed by atoms with van der Waals surface area (Å²) in [5, 5.41) is 6.21. The van der Waals surface area contributed by atoms with E-state index in [2.05, 4.69) is 56.6 Å². The number of ether oxygens (including phenoxy) is 1. The number of aromatic nitrogens is 1. The Labute approximate surface area is 189 Å². The van der Waals surface area contributed by atoms with Gasteiger partial charge in [-0.05, 0) is 36.1 Å². The number of hydrogen-bond acceptors (Lipinski definition) is 4. The predicted molar refractivity (Wildman–Crippen MR) is 124 cm³/mol. The minimum Gasteiger partial charge on any atom is -0.381 e. The van der Waals surface area contributed by atoms with Crippen LogP contribution in [0.2, 0.25) is 0 Å². The molecule has 156 valence electrons. The first-order chi connectivity index (χ1) is 14.6. The summed E-state index contributed by atoms with van der Waals surface area (Å²) < 4.78 is 6.66. The topological polar surface area (TPSA) is 51.2 Å². The van der Waals surface area contributed by atoms with Crippen LogP contribution in [0.4, 0.5) is 0 Å². The van der Waals surface area contributed by atoms with E-state index >= 15 is 0 Å². The number of thiazole rings is 1. The second kappa shape index (κ2) is 9.86. The standard InChI is InChI=1S/C24H25BrN2O2S/c25-20-8-4-7-19(14-20)24(9-11-29-12-10-24)17-26-22(28)15-21-16-30-23(27-21)13-18-5-2-1-3-6-18/h1-8,14,16H,9-13,15,17H2,(H,26,28). The van der Waals surface area contributed by atoms with Gasteiger partial charge < -0.3 is 10.1 Å². The zero-order valence-electron chi connectivity index (χ0n) is 16.8. The van der Waals surface area contributed by atoms with Gasteiger partial charge in [0, 0.05) is 41.4 Å². The number of nitrogens with zero attached hydrogens (tertiary/aromatic N) is 1. The van der Waals surface area contributed by atoms with E-state index in [1.54, 1.807) is 11.3 Å². The number of carbonyl (C=O) groups excluding carboxylic acids is 1. The van der Waals surface area contributed by atoms with Gasteiger partial charge in [-0.25, -0.2) is 4.98 Å². The monoisotopic (exact) mass is 484 g/mol. The highest BCUT2D eigenvalue weighted by atomic mass is 79.9. The highest BCUT2D eigenvalue weighted by molar-refractivity contribution is 9.10. The second-order valence-electron chi connectivity index (χ2n) is 7.75. The van der Waals surface area contributed by atoms with Crippen molar-refractivity contribution in [2.45, 2.75) is 31.1 Å². The SMILES string of the molecule is O=C(Cc1csc(Cc2ccccc2)n1)NCC1(c2cccc(Br)c2)CCOCC1. The largest absolute Gasteiger partial charge is 0.381 e. The van der Waals surface area contributed by atoms with Crippen molar-refractivity contribution < 1.29 is 9.53 Å².